The standard InChI is InChI=1S/C24H25N5OS/c1-15-6-7-17(12-25)9-20(15)24(30)27-16(2)18-10-21(19-13-26-29(3)14-19)28-22(11-18)23-5-4-8-31-23/h4-11,13-14,16H,12,25H2,1-3H3,(H,27,30). The molecule has 0 saturated carbocycles. The van der Waals surface area contributed by atoms with Crippen LogP contribution in [0.25, 0.3) is 21.8 Å². The van der Waals surface area contributed by atoms with Crippen molar-refractivity contribution in [3.63, 3.8) is 0 Å². The summed E-state index contributed by atoms with van der Waals surface area (Å²) in [5.74, 6) is -0.113. The Kier molecular flexibility index (Phi) is 5.97. The van der Waals surface area contributed by atoms with Crippen LogP contribution in [0.3, 0.4) is 0 Å². The van der Waals surface area contributed by atoms with Gasteiger partial charge in [-0.25, -0.2) is 4.98 Å². The number of nitrogens with zero attached hydrogens (tertiary/aromatic N) is 3. The van der Waals surface area contributed by atoms with Gasteiger partial charge in [0.05, 0.1) is 28.5 Å². The van der Waals surface area contributed by atoms with E-state index in [9.17, 15) is 4.79 Å². The Morgan fingerprint density at radius 1 is 1.23 bits per heavy atom. The highest BCUT2D eigenvalue weighted by Crippen LogP contribution is 2.30. The van der Waals surface area contributed by atoms with E-state index in [1.165, 1.54) is 0 Å². The summed E-state index contributed by atoms with van der Waals surface area (Å²) in [4.78, 5) is 18.9. The molecule has 3 aromatic heterocycles. The third-order valence-corrected chi connectivity index (χ3v) is 6.14. The van der Waals surface area contributed by atoms with Gasteiger partial charge in [0, 0.05) is 30.9 Å². The van der Waals surface area contributed by atoms with Crippen molar-refractivity contribution < 1.29 is 4.79 Å². The first-order valence-electron chi connectivity index (χ1n) is 10.1. The van der Waals surface area contributed by atoms with Crippen molar-refractivity contribution >= 4 is 17.2 Å². The molecule has 1 amide bonds. The molecule has 0 bridgehead atoms. The maximum Gasteiger partial charge on any atom is 0.252 e. The molecule has 158 valence electrons. The quantitative estimate of drug-likeness (QED) is 0.472. The molecule has 0 saturated heterocycles. The molecule has 0 fully saturated rings. The van der Waals surface area contributed by atoms with Gasteiger partial charge in [0.15, 0.2) is 0 Å². The van der Waals surface area contributed by atoms with Crippen LogP contribution in [0.2, 0.25) is 0 Å². The maximum atomic E-state index is 13.0. The van der Waals surface area contributed by atoms with E-state index in [2.05, 4.69) is 16.5 Å². The third-order valence-electron chi connectivity index (χ3n) is 5.25. The van der Waals surface area contributed by atoms with Crippen molar-refractivity contribution in [2.45, 2.75) is 26.4 Å². The lowest BCUT2D eigenvalue weighted by Gasteiger charge is -2.17. The van der Waals surface area contributed by atoms with Crippen LogP contribution in [0.5, 0.6) is 0 Å². The fourth-order valence-corrected chi connectivity index (χ4v) is 4.14. The molecule has 0 spiro atoms. The highest BCUT2D eigenvalue weighted by molar-refractivity contribution is 7.13. The van der Waals surface area contributed by atoms with Gasteiger partial charge < -0.3 is 11.1 Å². The normalized spacial score (nSPS) is 12.0. The van der Waals surface area contributed by atoms with Crippen LogP contribution in [0.1, 0.15) is 40.0 Å². The smallest absolute Gasteiger partial charge is 0.252 e. The summed E-state index contributed by atoms with van der Waals surface area (Å²) in [6.45, 7) is 4.32. The molecule has 1 atom stereocenters. The first-order valence-corrected chi connectivity index (χ1v) is 11.0. The predicted molar refractivity (Wildman–Crippen MR) is 125 cm³/mol. The van der Waals surface area contributed by atoms with Crippen molar-refractivity contribution in [3.8, 4) is 21.8 Å². The first kappa shape index (κ1) is 21.0. The minimum absolute atomic E-state index is 0.113. The van der Waals surface area contributed by atoms with Gasteiger partial charge in [-0.3, -0.25) is 9.48 Å². The van der Waals surface area contributed by atoms with E-state index in [1.54, 1.807) is 22.2 Å². The number of benzene rings is 1. The second kappa shape index (κ2) is 8.83. The van der Waals surface area contributed by atoms with Gasteiger partial charge in [0.2, 0.25) is 0 Å². The lowest BCUT2D eigenvalue weighted by molar-refractivity contribution is 0.0939. The minimum Gasteiger partial charge on any atom is -0.346 e. The summed E-state index contributed by atoms with van der Waals surface area (Å²) in [5.41, 5.74) is 11.9. The number of pyridine rings is 1. The van der Waals surface area contributed by atoms with E-state index in [0.29, 0.717) is 12.1 Å². The fraction of sp³-hybridized carbons (Fsp3) is 0.208. The van der Waals surface area contributed by atoms with Crippen molar-refractivity contribution in [3.05, 3.63) is 82.5 Å². The molecule has 6 nitrogen and oxygen atoms in total. The number of nitrogens with one attached hydrogen (secondary N) is 1. The first-order chi connectivity index (χ1) is 14.9. The molecule has 4 aromatic rings. The van der Waals surface area contributed by atoms with E-state index in [0.717, 1.165) is 38.5 Å². The minimum atomic E-state index is -0.203. The van der Waals surface area contributed by atoms with Crippen molar-refractivity contribution in [1.29, 1.82) is 0 Å². The number of aryl methyl sites for hydroxylation is 2. The van der Waals surface area contributed by atoms with Gasteiger partial charge in [0.1, 0.15) is 0 Å². The molecule has 0 aliphatic carbocycles. The summed E-state index contributed by atoms with van der Waals surface area (Å²) < 4.78 is 1.76. The van der Waals surface area contributed by atoms with Crippen LogP contribution >= 0.6 is 11.3 Å². The van der Waals surface area contributed by atoms with Gasteiger partial charge in [0.25, 0.3) is 5.91 Å². The molecular weight excluding hydrogens is 406 g/mol. The van der Waals surface area contributed by atoms with Crippen LogP contribution in [0, 0.1) is 6.92 Å². The predicted octanol–water partition coefficient (Wildman–Crippen LogP) is 4.47. The van der Waals surface area contributed by atoms with Gasteiger partial charge in [-0.15, -0.1) is 11.3 Å². The van der Waals surface area contributed by atoms with Gasteiger partial charge in [-0.05, 0) is 60.2 Å². The van der Waals surface area contributed by atoms with E-state index >= 15 is 0 Å². The fourth-order valence-electron chi connectivity index (χ4n) is 3.45. The number of aromatic nitrogens is 3. The summed E-state index contributed by atoms with van der Waals surface area (Å²) in [5, 5.41) is 9.44. The Morgan fingerprint density at radius 3 is 2.71 bits per heavy atom. The van der Waals surface area contributed by atoms with E-state index in [1.807, 2.05) is 68.9 Å². The molecule has 0 aliphatic heterocycles. The molecule has 7 heteroatoms. The van der Waals surface area contributed by atoms with Crippen LogP contribution in [-0.4, -0.2) is 20.7 Å². The molecule has 1 unspecified atom stereocenters. The van der Waals surface area contributed by atoms with Crippen LogP contribution < -0.4 is 11.1 Å². The van der Waals surface area contributed by atoms with Crippen LogP contribution in [-0.2, 0) is 13.6 Å². The Labute approximate surface area is 185 Å². The summed E-state index contributed by atoms with van der Waals surface area (Å²) >= 11 is 1.64. The van der Waals surface area contributed by atoms with E-state index < -0.39 is 0 Å². The second-order valence-corrected chi connectivity index (χ2v) is 8.55. The zero-order valence-electron chi connectivity index (χ0n) is 17.8. The lowest BCUT2D eigenvalue weighted by atomic mass is 10.0. The SMILES string of the molecule is Cc1ccc(CN)cc1C(=O)NC(C)c1cc(-c2cnn(C)c2)nc(-c2cccs2)c1. The molecule has 3 heterocycles. The topological polar surface area (TPSA) is 85.8 Å². The van der Waals surface area contributed by atoms with Crippen molar-refractivity contribution in [2.75, 3.05) is 0 Å². The largest absolute Gasteiger partial charge is 0.346 e. The molecule has 0 radical (unpaired) electrons. The Morgan fingerprint density at radius 2 is 2.03 bits per heavy atom. The average Bonchev–Trinajstić information content (AvgIpc) is 3.46. The number of carbonyl (C=O) groups is 1. The monoisotopic (exact) mass is 431 g/mol. The van der Waals surface area contributed by atoms with Gasteiger partial charge in [-0.1, -0.05) is 18.2 Å². The number of thiophene rings is 1. The summed E-state index contributed by atoms with van der Waals surface area (Å²) in [7, 11) is 1.88. The Hall–Kier alpha value is -3.29. The molecule has 31 heavy (non-hydrogen) atoms. The highest BCUT2D eigenvalue weighted by Gasteiger charge is 2.17. The Bertz CT molecular complexity index is 1210. The van der Waals surface area contributed by atoms with Gasteiger partial charge in [-0.2, -0.15) is 5.10 Å². The molecule has 4 rings (SSSR count). The summed E-state index contributed by atoms with van der Waals surface area (Å²) in [6.07, 6.45) is 3.74. The summed E-state index contributed by atoms with van der Waals surface area (Å²) in [6, 6.07) is 13.7. The number of rotatable bonds is 6. The lowest BCUT2D eigenvalue weighted by Crippen LogP contribution is -2.27. The maximum absolute atomic E-state index is 13.0. The zero-order valence-corrected chi connectivity index (χ0v) is 18.6. The molecule has 1 aromatic carbocycles. The van der Waals surface area contributed by atoms with E-state index in [4.69, 9.17) is 10.7 Å². The molecule has 0 aliphatic rings. The third kappa shape index (κ3) is 4.57. The van der Waals surface area contributed by atoms with Crippen molar-refractivity contribution in [1.82, 2.24) is 20.1 Å². The average molecular weight is 432 g/mol. The number of carbonyl (C=O) groups excluding carboxylic acids is 1. The Balaban J connectivity index is 1.68. The number of amides is 1. The number of hydrogen-bond donors (Lipinski definition) is 2. The molecular formula is C24H25N5OS. The van der Waals surface area contributed by atoms with Crippen LogP contribution in [0.4, 0.5) is 0 Å². The molecule has 3 N–H and O–H groups in total. The number of hydrogen-bond acceptors (Lipinski definition) is 5. The second-order valence-electron chi connectivity index (χ2n) is 7.60. The van der Waals surface area contributed by atoms with Gasteiger partial charge >= 0.3 is 0 Å². The van der Waals surface area contributed by atoms with Crippen molar-refractivity contribution in [2.24, 2.45) is 12.8 Å². The van der Waals surface area contributed by atoms with E-state index in [-0.39, 0.29) is 11.9 Å². The highest BCUT2D eigenvalue weighted by atomic mass is 32.1. The zero-order chi connectivity index (χ0) is 22.0. The van der Waals surface area contributed by atoms with Crippen LogP contribution in [0.15, 0.2) is 60.2 Å². The number of nitrogens with two attached hydrogens (primary N) is 1.